The van der Waals surface area contributed by atoms with E-state index in [0.717, 1.165) is 31.3 Å². The van der Waals surface area contributed by atoms with Crippen molar-refractivity contribution in [3.63, 3.8) is 0 Å². The number of rotatable bonds is 4. The van der Waals surface area contributed by atoms with E-state index in [1.54, 1.807) is 0 Å². The molecule has 0 aromatic rings. The summed E-state index contributed by atoms with van der Waals surface area (Å²) in [5.41, 5.74) is 0. The first-order chi connectivity index (χ1) is 6.51. The molecule has 0 bridgehead atoms. The Morgan fingerprint density at radius 2 is 2.07 bits per heavy atom. The zero-order valence-corrected chi connectivity index (χ0v) is 9.57. The molecule has 1 nitrogen and oxygen atoms in total. The minimum absolute atomic E-state index is 0.169. The molecule has 1 fully saturated rings. The molecule has 84 valence electrons. The van der Waals surface area contributed by atoms with E-state index in [0.29, 0.717) is 5.92 Å². The van der Waals surface area contributed by atoms with Crippen molar-refractivity contribution in [3.8, 4) is 0 Å². The number of hydrogen-bond acceptors (Lipinski definition) is 1. The van der Waals surface area contributed by atoms with Crippen LogP contribution in [-0.4, -0.2) is 36.0 Å². The molecule has 0 saturated carbocycles. The maximum Gasteiger partial charge on any atom is 0.390 e. The Balaban J connectivity index is 2.16. The normalized spacial score (nSPS) is 24.4. The minimum atomic E-state index is -4.01. The molecule has 1 heterocycles. The van der Waals surface area contributed by atoms with E-state index in [1.807, 2.05) is 4.90 Å². The minimum Gasteiger partial charge on any atom is -0.303 e. The van der Waals surface area contributed by atoms with Gasteiger partial charge < -0.3 is 4.90 Å². The average Bonchev–Trinajstić information content (AvgIpc) is 2.49. The van der Waals surface area contributed by atoms with Crippen LogP contribution < -0.4 is 0 Å². The Kier molecular flexibility index (Phi) is 4.70. The molecule has 1 rings (SSSR count). The summed E-state index contributed by atoms with van der Waals surface area (Å²) in [5.74, 6) is 0.586. The Hall–Kier alpha value is 0.230. The van der Waals surface area contributed by atoms with Gasteiger partial charge in [0.15, 0.2) is 0 Å². The zero-order chi connectivity index (χ0) is 10.6. The predicted octanol–water partition coefficient (Wildman–Crippen LogP) is 3.05. The summed E-state index contributed by atoms with van der Waals surface area (Å²) in [5, 5.41) is 0.949. The van der Waals surface area contributed by atoms with Gasteiger partial charge in [0, 0.05) is 18.4 Å². The van der Waals surface area contributed by atoms with Gasteiger partial charge in [0.05, 0.1) is 6.42 Å². The van der Waals surface area contributed by atoms with Crippen LogP contribution in [0.2, 0.25) is 0 Å². The highest BCUT2D eigenvalue weighted by atomic mass is 79.9. The summed E-state index contributed by atoms with van der Waals surface area (Å²) < 4.78 is 35.8. The third kappa shape index (κ3) is 4.64. The standard InChI is InChI=1S/C9H15BrF3N/c10-4-1-8-2-5-14(7-8)6-3-9(11,12)13/h8H,1-7H2. The van der Waals surface area contributed by atoms with Crippen LogP contribution in [0, 0.1) is 5.92 Å². The van der Waals surface area contributed by atoms with E-state index < -0.39 is 12.6 Å². The van der Waals surface area contributed by atoms with Crippen molar-refractivity contribution in [1.29, 1.82) is 0 Å². The molecule has 14 heavy (non-hydrogen) atoms. The number of alkyl halides is 4. The summed E-state index contributed by atoms with van der Waals surface area (Å²) in [6, 6.07) is 0. The summed E-state index contributed by atoms with van der Waals surface area (Å²) in [7, 11) is 0. The molecular formula is C9H15BrF3N. The molecule has 1 unspecified atom stereocenters. The van der Waals surface area contributed by atoms with Crippen molar-refractivity contribution in [1.82, 2.24) is 4.90 Å². The van der Waals surface area contributed by atoms with E-state index in [4.69, 9.17) is 0 Å². The third-order valence-corrected chi connectivity index (χ3v) is 3.06. The lowest BCUT2D eigenvalue weighted by Crippen LogP contribution is -2.26. The highest BCUT2D eigenvalue weighted by Gasteiger charge is 2.30. The number of halogens is 4. The monoisotopic (exact) mass is 273 g/mol. The summed E-state index contributed by atoms with van der Waals surface area (Å²) in [4.78, 5) is 1.92. The Morgan fingerprint density at radius 1 is 1.36 bits per heavy atom. The molecule has 5 heteroatoms. The second-order valence-corrected chi connectivity index (χ2v) is 4.59. The lowest BCUT2D eigenvalue weighted by molar-refractivity contribution is -0.137. The van der Waals surface area contributed by atoms with Crippen LogP contribution in [-0.2, 0) is 0 Å². The molecule has 1 aliphatic rings. The summed E-state index contributed by atoms with van der Waals surface area (Å²) in [6.45, 7) is 1.83. The first kappa shape index (κ1) is 12.3. The lowest BCUT2D eigenvalue weighted by Gasteiger charge is -2.16. The second kappa shape index (κ2) is 5.35. The molecule has 0 radical (unpaired) electrons. The van der Waals surface area contributed by atoms with Crippen LogP contribution in [0.1, 0.15) is 19.3 Å². The quantitative estimate of drug-likeness (QED) is 0.712. The fourth-order valence-corrected chi connectivity index (χ4v) is 2.44. The van der Waals surface area contributed by atoms with Crippen molar-refractivity contribution in [2.75, 3.05) is 25.0 Å². The fourth-order valence-electron chi connectivity index (χ4n) is 1.79. The molecular weight excluding hydrogens is 259 g/mol. The SMILES string of the molecule is FC(F)(F)CCN1CCC(CCBr)C1. The first-order valence-electron chi connectivity index (χ1n) is 4.86. The third-order valence-electron chi connectivity index (χ3n) is 2.60. The smallest absolute Gasteiger partial charge is 0.303 e. The largest absolute Gasteiger partial charge is 0.390 e. The average molecular weight is 274 g/mol. The van der Waals surface area contributed by atoms with Gasteiger partial charge in [-0.15, -0.1) is 0 Å². The van der Waals surface area contributed by atoms with Gasteiger partial charge in [-0.3, -0.25) is 0 Å². The van der Waals surface area contributed by atoms with E-state index in [2.05, 4.69) is 15.9 Å². The molecule has 0 N–H and O–H groups in total. The maximum absolute atomic E-state index is 11.9. The van der Waals surface area contributed by atoms with Crippen LogP contribution in [0.3, 0.4) is 0 Å². The van der Waals surface area contributed by atoms with Gasteiger partial charge in [-0.05, 0) is 25.3 Å². The van der Waals surface area contributed by atoms with Gasteiger partial charge >= 0.3 is 6.18 Å². The molecule has 1 atom stereocenters. The van der Waals surface area contributed by atoms with Gasteiger partial charge in [0.25, 0.3) is 0 Å². The number of nitrogens with zero attached hydrogens (tertiary/aromatic N) is 1. The van der Waals surface area contributed by atoms with Crippen LogP contribution in [0.25, 0.3) is 0 Å². The number of likely N-dealkylation sites (tertiary alicyclic amines) is 1. The molecule has 1 aliphatic heterocycles. The molecule has 0 spiro atoms. The summed E-state index contributed by atoms with van der Waals surface area (Å²) in [6.07, 6.45) is -2.56. The Labute approximate surface area is 90.8 Å². The van der Waals surface area contributed by atoms with Gasteiger partial charge in [0.2, 0.25) is 0 Å². The Morgan fingerprint density at radius 3 is 2.64 bits per heavy atom. The van der Waals surface area contributed by atoms with Crippen molar-refractivity contribution >= 4 is 15.9 Å². The van der Waals surface area contributed by atoms with Gasteiger partial charge in [0.1, 0.15) is 0 Å². The van der Waals surface area contributed by atoms with Crippen molar-refractivity contribution < 1.29 is 13.2 Å². The van der Waals surface area contributed by atoms with Crippen molar-refractivity contribution in [2.45, 2.75) is 25.4 Å². The predicted molar refractivity (Wildman–Crippen MR) is 53.6 cm³/mol. The second-order valence-electron chi connectivity index (χ2n) is 3.80. The van der Waals surface area contributed by atoms with Crippen LogP contribution in [0.4, 0.5) is 13.2 Å². The van der Waals surface area contributed by atoms with Crippen LogP contribution >= 0.6 is 15.9 Å². The Bertz CT molecular complexity index is 172. The van der Waals surface area contributed by atoms with Crippen LogP contribution in [0.5, 0.6) is 0 Å². The molecule has 0 amide bonds. The summed E-state index contributed by atoms with van der Waals surface area (Å²) >= 11 is 3.35. The van der Waals surface area contributed by atoms with E-state index >= 15 is 0 Å². The van der Waals surface area contributed by atoms with Gasteiger partial charge in [-0.2, -0.15) is 13.2 Å². The molecule has 0 aromatic carbocycles. The highest BCUT2D eigenvalue weighted by molar-refractivity contribution is 9.09. The van der Waals surface area contributed by atoms with Crippen LogP contribution in [0.15, 0.2) is 0 Å². The fraction of sp³-hybridized carbons (Fsp3) is 1.00. The lowest BCUT2D eigenvalue weighted by atomic mass is 10.1. The van der Waals surface area contributed by atoms with Gasteiger partial charge in [-0.1, -0.05) is 15.9 Å². The van der Waals surface area contributed by atoms with Gasteiger partial charge in [-0.25, -0.2) is 0 Å². The van der Waals surface area contributed by atoms with E-state index in [1.165, 1.54) is 0 Å². The maximum atomic E-state index is 11.9. The number of hydrogen-bond donors (Lipinski definition) is 0. The molecule has 0 aliphatic carbocycles. The van der Waals surface area contributed by atoms with E-state index in [-0.39, 0.29) is 6.54 Å². The molecule has 1 saturated heterocycles. The highest BCUT2D eigenvalue weighted by Crippen LogP contribution is 2.24. The van der Waals surface area contributed by atoms with E-state index in [9.17, 15) is 13.2 Å². The topological polar surface area (TPSA) is 3.24 Å². The molecule has 0 aromatic heterocycles. The van der Waals surface area contributed by atoms with Crippen molar-refractivity contribution in [3.05, 3.63) is 0 Å². The first-order valence-corrected chi connectivity index (χ1v) is 5.98. The zero-order valence-electron chi connectivity index (χ0n) is 7.99. The van der Waals surface area contributed by atoms with Crippen molar-refractivity contribution in [2.24, 2.45) is 5.92 Å².